The number of anilines is 1. The molecule has 0 radical (unpaired) electrons. The maximum atomic E-state index is 11.0. The molecule has 0 spiro atoms. The highest BCUT2D eigenvalue weighted by molar-refractivity contribution is 5.89. The maximum Gasteiger partial charge on any atom is 0.335 e. The lowest BCUT2D eigenvalue weighted by atomic mass is 10.2. The van der Waals surface area contributed by atoms with Crippen LogP contribution in [0.2, 0.25) is 0 Å². The first kappa shape index (κ1) is 12.4. The minimum Gasteiger partial charge on any atom is -0.495 e. The number of carbonyl (C=O) groups is 1. The van der Waals surface area contributed by atoms with E-state index in [-0.39, 0.29) is 17.1 Å². The summed E-state index contributed by atoms with van der Waals surface area (Å²) in [6, 6.07) is 6.19. The lowest BCUT2D eigenvalue weighted by Crippen LogP contribution is -2.05. The van der Waals surface area contributed by atoms with Crippen molar-refractivity contribution < 1.29 is 14.6 Å². The van der Waals surface area contributed by atoms with E-state index in [0.29, 0.717) is 11.4 Å². The van der Waals surface area contributed by atoms with Gasteiger partial charge in [-0.05, 0) is 18.2 Å². The maximum absolute atomic E-state index is 11.0. The molecule has 0 unspecified atom stereocenters. The number of hydrogen-bond acceptors (Lipinski definition) is 5. The van der Waals surface area contributed by atoms with Crippen molar-refractivity contribution in [1.82, 2.24) is 9.55 Å². The van der Waals surface area contributed by atoms with E-state index in [1.54, 1.807) is 0 Å². The molecule has 2 aromatic rings. The number of hydrogen-bond donors (Lipinski definition) is 2. The molecule has 0 amide bonds. The molecule has 1 heterocycles. The van der Waals surface area contributed by atoms with Crippen molar-refractivity contribution in [2.24, 2.45) is 0 Å². The quantitative estimate of drug-likeness (QED) is 0.849. The van der Waals surface area contributed by atoms with Gasteiger partial charge in [-0.25, -0.2) is 9.78 Å². The lowest BCUT2D eigenvalue weighted by molar-refractivity contribution is 0.0697. The number of carboxylic acid groups (broad SMARTS) is 1. The summed E-state index contributed by atoms with van der Waals surface area (Å²) in [5, 5.41) is 17.8. The van der Waals surface area contributed by atoms with Crippen molar-refractivity contribution in [3.05, 3.63) is 35.8 Å². The summed E-state index contributed by atoms with van der Waals surface area (Å²) >= 11 is 0. The first-order valence-corrected chi connectivity index (χ1v) is 5.23. The molecule has 1 aromatic heterocycles. The highest BCUT2D eigenvalue weighted by Gasteiger charge is 2.15. The van der Waals surface area contributed by atoms with Gasteiger partial charge in [-0.1, -0.05) is 0 Å². The van der Waals surface area contributed by atoms with Crippen molar-refractivity contribution >= 4 is 11.8 Å². The highest BCUT2D eigenvalue weighted by Crippen LogP contribution is 2.27. The van der Waals surface area contributed by atoms with E-state index in [4.69, 9.17) is 20.8 Å². The molecule has 0 fully saturated rings. The summed E-state index contributed by atoms with van der Waals surface area (Å²) in [4.78, 5) is 14.8. The molecule has 0 saturated heterocycles. The van der Waals surface area contributed by atoms with Crippen LogP contribution in [0, 0.1) is 11.3 Å². The smallest absolute Gasteiger partial charge is 0.335 e. The van der Waals surface area contributed by atoms with Crippen LogP contribution in [0.4, 0.5) is 5.82 Å². The van der Waals surface area contributed by atoms with E-state index >= 15 is 0 Å². The fourth-order valence-electron chi connectivity index (χ4n) is 1.65. The van der Waals surface area contributed by atoms with E-state index in [0.717, 1.165) is 0 Å². The first-order chi connectivity index (χ1) is 9.08. The Bertz CT molecular complexity index is 685. The number of aromatic nitrogens is 2. The zero-order chi connectivity index (χ0) is 14.0. The summed E-state index contributed by atoms with van der Waals surface area (Å²) in [5.41, 5.74) is 6.34. The summed E-state index contributed by atoms with van der Waals surface area (Å²) in [6.45, 7) is 0. The number of nitrogens with zero attached hydrogens (tertiary/aromatic N) is 3. The van der Waals surface area contributed by atoms with Gasteiger partial charge in [-0.3, -0.25) is 4.57 Å². The number of benzene rings is 1. The van der Waals surface area contributed by atoms with Crippen LogP contribution >= 0.6 is 0 Å². The number of rotatable bonds is 3. The molecular weight excluding hydrogens is 248 g/mol. The van der Waals surface area contributed by atoms with Crippen LogP contribution in [0.5, 0.6) is 5.75 Å². The standard InChI is InChI=1S/C12H10N4O3/c1-19-10-3-2-7(12(17)18)4-9(10)16-6-15-8(5-13)11(16)14/h2-4,6H,14H2,1H3,(H,17,18). The molecule has 2 rings (SSSR count). The fourth-order valence-corrected chi connectivity index (χ4v) is 1.65. The van der Waals surface area contributed by atoms with Crippen LogP contribution in [0.3, 0.4) is 0 Å². The average Bonchev–Trinajstić information content (AvgIpc) is 2.78. The van der Waals surface area contributed by atoms with E-state index in [1.807, 2.05) is 6.07 Å². The second kappa shape index (κ2) is 4.70. The lowest BCUT2D eigenvalue weighted by Gasteiger charge is -2.11. The van der Waals surface area contributed by atoms with Crippen LogP contribution in [0.1, 0.15) is 16.1 Å². The van der Waals surface area contributed by atoms with Gasteiger partial charge in [0.15, 0.2) is 5.69 Å². The Morgan fingerprint density at radius 2 is 2.32 bits per heavy atom. The third-order valence-corrected chi connectivity index (χ3v) is 2.60. The minimum atomic E-state index is -1.07. The number of methoxy groups -OCH3 is 1. The Balaban J connectivity index is 2.65. The Labute approximate surface area is 108 Å². The molecule has 96 valence electrons. The second-order valence-electron chi connectivity index (χ2n) is 3.65. The third-order valence-electron chi connectivity index (χ3n) is 2.60. The molecule has 0 saturated carbocycles. The molecule has 0 aliphatic carbocycles. The summed E-state index contributed by atoms with van der Waals surface area (Å²) < 4.78 is 6.56. The van der Waals surface area contributed by atoms with Gasteiger partial charge in [0.2, 0.25) is 0 Å². The minimum absolute atomic E-state index is 0.0720. The number of carboxylic acids is 1. The molecule has 7 heteroatoms. The van der Waals surface area contributed by atoms with Gasteiger partial charge in [-0.2, -0.15) is 5.26 Å². The number of nitriles is 1. The van der Waals surface area contributed by atoms with Crippen LogP contribution in [0.15, 0.2) is 24.5 Å². The van der Waals surface area contributed by atoms with E-state index < -0.39 is 5.97 Å². The average molecular weight is 258 g/mol. The van der Waals surface area contributed by atoms with E-state index in [1.165, 1.54) is 36.2 Å². The SMILES string of the molecule is COc1ccc(C(=O)O)cc1-n1cnc(C#N)c1N. The molecule has 7 nitrogen and oxygen atoms in total. The summed E-state index contributed by atoms with van der Waals surface area (Å²) in [5.74, 6) is -0.509. The second-order valence-corrected chi connectivity index (χ2v) is 3.65. The molecule has 0 atom stereocenters. The third kappa shape index (κ3) is 2.07. The molecule has 3 N–H and O–H groups in total. The largest absolute Gasteiger partial charge is 0.495 e. The number of nitrogen functional groups attached to an aromatic ring is 1. The number of aromatic carboxylic acids is 1. The van der Waals surface area contributed by atoms with Crippen molar-refractivity contribution in [3.63, 3.8) is 0 Å². The van der Waals surface area contributed by atoms with Gasteiger partial charge < -0.3 is 15.6 Å². The van der Waals surface area contributed by atoms with E-state index in [9.17, 15) is 4.79 Å². The number of nitrogens with two attached hydrogens (primary N) is 1. The Morgan fingerprint density at radius 3 is 2.84 bits per heavy atom. The van der Waals surface area contributed by atoms with Gasteiger partial charge in [0, 0.05) is 0 Å². The molecule has 0 aliphatic heterocycles. The van der Waals surface area contributed by atoms with Crippen molar-refractivity contribution in [2.45, 2.75) is 0 Å². The number of ether oxygens (including phenoxy) is 1. The number of imidazole rings is 1. The Kier molecular flexibility index (Phi) is 3.08. The normalized spacial score (nSPS) is 9.89. The zero-order valence-corrected chi connectivity index (χ0v) is 9.99. The van der Waals surface area contributed by atoms with Crippen molar-refractivity contribution in [1.29, 1.82) is 5.26 Å². The monoisotopic (exact) mass is 258 g/mol. The predicted molar refractivity (Wildman–Crippen MR) is 66.2 cm³/mol. The first-order valence-electron chi connectivity index (χ1n) is 5.23. The summed E-state index contributed by atoms with van der Waals surface area (Å²) in [6.07, 6.45) is 1.34. The molecule has 19 heavy (non-hydrogen) atoms. The zero-order valence-electron chi connectivity index (χ0n) is 9.99. The molecular formula is C12H10N4O3. The van der Waals surface area contributed by atoms with Crippen LogP contribution < -0.4 is 10.5 Å². The Hall–Kier alpha value is -3.01. The summed E-state index contributed by atoms with van der Waals surface area (Å²) in [7, 11) is 1.46. The molecule has 0 aliphatic rings. The predicted octanol–water partition coefficient (Wildman–Crippen LogP) is 1.03. The van der Waals surface area contributed by atoms with Gasteiger partial charge >= 0.3 is 5.97 Å². The molecule has 0 bridgehead atoms. The van der Waals surface area contributed by atoms with Crippen molar-refractivity contribution in [3.8, 4) is 17.5 Å². The Morgan fingerprint density at radius 1 is 1.58 bits per heavy atom. The van der Waals surface area contributed by atoms with Gasteiger partial charge in [0.25, 0.3) is 0 Å². The van der Waals surface area contributed by atoms with Crippen molar-refractivity contribution in [2.75, 3.05) is 12.8 Å². The van der Waals surface area contributed by atoms with Crippen LogP contribution in [-0.4, -0.2) is 27.7 Å². The molecule has 1 aromatic carbocycles. The van der Waals surface area contributed by atoms with Gasteiger partial charge in [0.05, 0.1) is 18.4 Å². The topological polar surface area (TPSA) is 114 Å². The highest BCUT2D eigenvalue weighted by atomic mass is 16.5. The van der Waals surface area contributed by atoms with Gasteiger partial charge in [-0.15, -0.1) is 0 Å². The van der Waals surface area contributed by atoms with E-state index in [2.05, 4.69) is 4.98 Å². The van der Waals surface area contributed by atoms with Crippen LogP contribution in [-0.2, 0) is 0 Å². The fraction of sp³-hybridized carbons (Fsp3) is 0.0833. The van der Waals surface area contributed by atoms with Crippen LogP contribution in [0.25, 0.3) is 5.69 Å². The van der Waals surface area contributed by atoms with Gasteiger partial charge in [0.1, 0.15) is 24.0 Å².